The topological polar surface area (TPSA) is 71.3 Å². The number of rotatable bonds is 8. The van der Waals surface area contributed by atoms with Crippen LogP contribution < -0.4 is 10.6 Å². The van der Waals surface area contributed by atoms with Crippen molar-refractivity contribution in [2.75, 3.05) is 6.54 Å². The Hall–Kier alpha value is -2.63. The molecule has 3 rings (SSSR count). The number of amides is 2. The third kappa shape index (κ3) is 5.42. The minimum Gasteiger partial charge on any atom is -0.459 e. The monoisotopic (exact) mass is 372 g/mol. The molecule has 1 aliphatic rings. The lowest BCUT2D eigenvalue weighted by atomic mass is 9.91. The summed E-state index contributed by atoms with van der Waals surface area (Å²) in [6.07, 6.45) is 6.78. The van der Waals surface area contributed by atoms with E-state index >= 15 is 0 Å². The van der Waals surface area contributed by atoms with E-state index < -0.39 is 0 Å². The van der Waals surface area contributed by atoms with E-state index in [1.807, 2.05) is 0 Å². The third-order valence-electron chi connectivity index (χ3n) is 5.03. The lowest BCUT2D eigenvalue weighted by Gasteiger charge is -2.25. The van der Waals surface area contributed by atoms with Gasteiger partial charge in [0.2, 0.25) is 5.91 Å². The number of benzene rings is 1. The normalized spacial score (nSPS) is 15.4. The molecule has 1 aromatic carbocycles. The molecule has 0 bridgehead atoms. The van der Waals surface area contributed by atoms with Crippen molar-refractivity contribution in [2.24, 2.45) is 5.92 Å². The summed E-state index contributed by atoms with van der Waals surface area (Å²) >= 11 is 0. The Morgan fingerprint density at radius 2 is 1.89 bits per heavy atom. The van der Waals surface area contributed by atoms with Gasteiger partial charge in [-0.25, -0.2) is 4.39 Å². The Morgan fingerprint density at radius 1 is 1.15 bits per heavy atom. The number of hydrogen-bond acceptors (Lipinski definition) is 3. The molecule has 0 radical (unpaired) electrons. The number of nitrogens with one attached hydrogen (secondary N) is 2. The van der Waals surface area contributed by atoms with Crippen LogP contribution in [0.1, 0.15) is 60.7 Å². The molecule has 1 fully saturated rings. The molecular formula is C21H25FN2O3. The zero-order chi connectivity index (χ0) is 19.1. The molecule has 0 spiro atoms. The fraction of sp³-hybridized carbons (Fsp3) is 0.429. The highest BCUT2D eigenvalue weighted by Gasteiger charge is 2.27. The van der Waals surface area contributed by atoms with Crippen LogP contribution in [0.25, 0.3) is 0 Å². The highest BCUT2D eigenvalue weighted by atomic mass is 19.1. The van der Waals surface area contributed by atoms with Gasteiger partial charge in [0, 0.05) is 13.0 Å². The molecule has 144 valence electrons. The van der Waals surface area contributed by atoms with Crippen LogP contribution in [0.2, 0.25) is 0 Å². The van der Waals surface area contributed by atoms with Crippen LogP contribution in [0.15, 0.2) is 47.1 Å². The van der Waals surface area contributed by atoms with Crippen molar-refractivity contribution in [3.8, 4) is 0 Å². The van der Waals surface area contributed by atoms with Crippen LogP contribution in [0, 0.1) is 11.7 Å². The smallest absolute Gasteiger partial charge is 0.286 e. The number of carbonyl (C=O) groups is 2. The molecule has 1 aliphatic carbocycles. The molecule has 1 unspecified atom stereocenters. The molecule has 5 nitrogen and oxygen atoms in total. The highest BCUT2D eigenvalue weighted by Crippen LogP contribution is 2.35. The highest BCUT2D eigenvalue weighted by molar-refractivity contribution is 5.91. The molecule has 0 aliphatic heterocycles. The molecule has 1 atom stereocenters. The van der Waals surface area contributed by atoms with Crippen LogP contribution >= 0.6 is 0 Å². The predicted molar refractivity (Wildman–Crippen MR) is 99.5 cm³/mol. The van der Waals surface area contributed by atoms with Crippen LogP contribution in [-0.2, 0) is 4.79 Å². The van der Waals surface area contributed by atoms with Crippen molar-refractivity contribution in [3.63, 3.8) is 0 Å². The van der Waals surface area contributed by atoms with Gasteiger partial charge < -0.3 is 15.1 Å². The van der Waals surface area contributed by atoms with Gasteiger partial charge in [0.1, 0.15) is 5.82 Å². The molecule has 1 saturated carbocycles. The lowest BCUT2D eigenvalue weighted by molar-refractivity contribution is -0.122. The van der Waals surface area contributed by atoms with Crippen LogP contribution in [0.5, 0.6) is 0 Å². The Bertz CT molecular complexity index is 737. The Morgan fingerprint density at radius 3 is 2.56 bits per heavy atom. The molecule has 0 saturated heterocycles. The fourth-order valence-electron chi connectivity index (χ4n) is 3.63. The zero-order valence-corrected chi connectivity index (χ0v) is 15.2. The second-order valence-corrected chi connectivity index (χ2v) is 6.98. The largest absolute Gasteiger partial charge is 0.459 e. The van der Waals surface area contributed by atoms with E-state index in [1.54, 1.807) is 24.3 Å². The molecular weight excluding hydrogens is 347 g/mol. The number of carbonyl (C=O) groups excluding carboxylic acids is 2. The summed E-state index contributed by atoms with van der Waals surface area (Å²) in [5.41, 5.74) is 0.947. The maximum absolute atomic E-state index is 13.2. The van der Waals surface area contributed by atoms with E-state index in [-0.39, 0.29) is 29.4 Å². The van der Waals surface area contributed by atoms with Gasteiger partial charge in [-0.15, -0.1) is 0 Å². The minimum absolute atomic E-state index is 0.0523. The van der Waals surface area contributed by atoms with Gasteiger partial charge >= 0.3 is 0 Å². The SMILES string of the molecule is O=C(CCCNC(=O)c1ccco1)NC(c1ccc(F)cc1)C1CCCC1. The van der Waals surface area contributed by atoms with Crippen molar-refractivity contribution < 1.29 is 18.4 Å². The number of furan rings is 1. The van der Waals surface area contributed by atoms with Crippen molar-refractivity contribution in [1.82, 2.24) is 10.6 Å². The summed E-state index contributed by atoms with van der Waals surface area (Å²) in [6.45, 7) is 0.400. The lowest BCUT2D eigenvalue weighted by Crippen LogP contribution is -2.33. The summed E-state index contributed by atoms with van der Waals surface area (Å²) in [4.78, 5) is 24.2. The van der Waals surface area contributed by atoms with Gasteiger partial charge in [-0.3, -0.25) is 9.59 Å². The van der Waals surface area contributed by atoms with Crippen LogP contribution in [0.4, 0.5) is 4.39 Å². The van der Waals surface area contributed by atoms with Crippen molar-refractivity contribution in [1.29, 1.82) is 0 Å². The second kappa shape index (κ2) is 9.35. The molecule has 2 N–H and O–H groups in total. The Balaban J connectivity index is 1.48. The molecule has 1 heterocycles. The zero-order valence-electron chi connectivity index (χ0n) is 15.2. The Labute approximate surface area is 158 Å². The quantitative estimate of drug-likeness (QED) is 0.689. The van der Waals surface area contributed by atoms with Gasteiger partial charge in [0.05, 0.1) is 12.3 Å². The van der Waals surface area contributed by atoms with E-state index in [0.29, 0.717) is 25.3 Å². The number of halogens is 1. The molecule has 2 amide bonds. The first-order valence-electron chi connectivity index (χ1n) is 9.50. The Kier molecular flexibility index (Phi) is 6.63. The summed E-state index contributed by atoms with van der Waals surface area (Å²) in [7, 11) is 0. The summed E-state index contributed by atoms with van der Waals surface area (Å²) in [6, 6.07) is 9.54. The summed E-state index contributed by atoms with van der Waals surface area (Å²) < 4.78 is 18.3. The van der Waals surface area contributed by atoms with Gasteiger partial charge in [-0.2, -0.15) is 0 Å². The van der Waals surface area contributed by atoms with Crippen LogP contribution in [-0.4, -0.2) is 18.4 Å². The summed E-state index contributed by atoms with van der Waals surface area (Å²) in [5.74, 6) is 0.0386. The molecule has 1 aromatic heterocycles. The van der Waals surface area contributed by atoms with E-state index in [2.05, 4.69) is 10.6 Å². The molecule has 27 heavy (non-hydrogen) atoms. The minimum atomic E-state index is -0.282. The first kappa shape index (κ1) is 19.1. The average Bonchev–Trinajstić information content (AvgIpc) is 3.38. The maximum atomic E-state index is 13.2. The first-order valence-corrected chi connectivity index (χ1v) is 9.50. The fourth-order valence-corrected chi connectivity index (χ4v) is 3.63. The van der Waals surface area contributed by atoms with Gasteiger partial charge in [-0.1, -0.05) is 25.0 Å². The standard InChI is InChI=1S/C21H25FN2O3/c22-17-11-9-16(10-12-17)20(15-5-1-2-6-15)24-19(25)8-3-13-23-21(26)18-7-4-14-27-18/h4,7,9-12,14-15,20H,1-3,5-6,8,13H2,(H,23,26)(H,24,25). The predicted octanol–water partition coefficient (Wildman–Crippen LogP) is 3.98. The van der Waals surface area contributed by atoms with Gasteiger partial charge in [0.25, 0.3) is 5.91 Å². The van der Waals surface area contributed by atoms with Crippen molar-refractivity contribution >= 4 is 11.8 Å². The third-order valence-corrected chi connectivity index (χ3v) is 5.03. The first-order chi connectivity index (χ1) is 13.1. The van der Waals surface area contributed by atoms with Gasteiger partial charge in [-0.05, 0) is 55.0 Å². The van der Waals surface area contributed by atoms with Crippen molar-refractivity contribution in [3.05, 3.63) is 59.8 Å². The van der Waals surface area contributed by atoms with E-state index in [1.165, 1.54) is 18.4 Å². The summed E-state index contributed by atoms with van der Waals surface area (Å²) in [5, 5.41) is 5.85. The van der Waals surface area contributed by atoms with Gasteiger partial charge in [0.15, 0.2) is 5.76 Å². The number of hydrogen-bond donors (Lipinski definition) is 2. The van der Waals surface area contributed by atoms with Crippen LogP contribution in [0.3, 0.4) is 0 Å². The van der Waals surface area contributed by atoms with E-state index in [0.717, 1.165) is 31.2 Å². The van der Waals surface area contributed by atoms with Crippen molar-refractivity contribution in [2.45, 2.75) is 44.6 Å². The molecule has 6 heteroatoms. The van der Waals surface area contributed by atoms with E-state index in [9.17, 15) is 14.0 Å². The van der Waals surface area contributed by atoms with E-state index in [4.69, 9.17) is 4.42 Å². The second-order valence-electron chi connectivity index (χ2n) is 6.98. The maximum Gasteiger partial charge on any atom is 0.286 e. The molecule has 2 aromatic rings. The average molecular weight is 372 g/mol.